The van der Waals surface area contributed by atoms with Crippen LogP contribution in [0.2, 0.25) is 0 Å². The molecule has 0 amide bonds. The van der Waals surface area contributed by atoms with E-state index in [1.54, 1.807) is 12.1 Å². The lowest BCUT2D eigenvalue weighted by Crippen LogP contribution is -2.19. The number of ether oxygens (including phenoxy) is 1. The summed E-state index contributed by atoms with van der Waals surface area (Å²) in [6, 6.07) is 4.98. The Hall–Kier alpha value is -1.09. The van der Waals surface area contributed by atoms with Crippen molar-refractivity contribution in [2.75, 3.05) is 7.11 Å². The Labute approximate surface area is 114 Å². The van der Waals surface area contributed by atoms with Crippen LogP contribution in [0.5, 0.6) is 5.75 Å². The van der Waals surface area contributed by atoms with Crippen molar-refractivity contribution in [1.29, 1.82) is 0 Å². The summed E-state index contributed by atoms with van der Waals surface area (Å²) in [6.07, 6.45) is 6.58. The summed E-state index contributed by atoms with van der Waals surface area (Å²) >= 11 is 0. The van der Waals surface area contributed by atoms with Gasteiger partial charge in [-0.25, -0.2) is 4.39 Å². The van der Waals surface area contributed by atoms with Crippen LogP contribution in [0.25, 0.3) is 0 Å². The number of methoxy groups -OCH3 is 1. The maximum Gasteiger partial charge on any atom is 0.165 e. The van der Waals surface area contributed by atoms with Crippen molar-refractivity contribution < 1.29 is 9.13 Å². The summed E-state index contributed by atoms with van der Waals surface area (Å²) in [6.45, 7) is 0. The van der Waals surface area contributed by atoms with E-state index in [1.165, 1.54) is 38.9 Å². The second kappa shape index (κ2) is 5.12. The predicted molar refractivity (Wildman–Crippen MR) is 73.4 cm³/mol. The van der Waals surface area contributed by atoms with E-state index in [0.717, 1.165) is 29.7 Å². The number of hydrogen-bond acceptors (Lipinski definition) is 2. The maximum absolute atomic E-state index is 13.4. The van der Waals surface area contributed by atoms with E-state index in [-0.39, 0.29) is 11.9 Å². The van der Waals surface area contributed by atoms with E-state index in [2.05, 4.69) is 0 Å². The average Bonchev–Trinajstić information content (AvgIpc) is 3.01. The first-order valence-corrected chi connectivity index (χ1v) is 7.26. The molecule has 0 aromatic heterocycles. The van der Waals surface area contributed by atoms with Gasteiger partial charge in [-0.1, -0.05) is 12.5 Å². The van der Waals surface area contributed by atoms with Crippen molar-refractivity contribution in [3.8, 4) is 5.75 Å². The van der Waals surface area contributed by atoms with Crippen molar-refractivity contribution in [2.45, 2.75) is 38.1 Å². The zero-order valence-corrected chi connectivity index (χ0v) is 11.4. The van der Waals surface area contributed by atoms with Gasteiger partial charge >= 0.3 is 0 Å². The Morgan fingerprint density at radius 3 is 2.84 bits per heavy atom. The molecule has 2 N–H and O–H groups in total. The Morgan fingerprint density at radius 1 is 1.37 bits per heavy atom. The molecule has 2 bridgehead atoms. The lowest BCUT2D eigenvalue weighted by Gasteiger charge is -2.25. The van der Waals surface area contributed by atoms with Crippen molar-refractivity contribution in [3.05, 3.63) is 29.6 Å². The SMILES string of the molecule is COc1cc(C(N)CC2CC3CCC2C3)ccc1F. The lowest BCUT2D eigenvalue weighted by molar-refractivity contribution is 0.295. The highest BCUT2D eigenvalue weighted by molar-refractivity contribution is 5.32. The molecule has 104 valence electrons. The van der Waals surface area contributed by atoms with Crippen LogP contribution in [0.15, 0.2) is 18.2 Å². The van der Waals surface area contributed by atoms with Crippen LogP contribution < -0.4 is 10.5 Å². The van der Waals surface area contributed by atoms with Crippen LogP contribution in [0, 0.1) is 23.6 Å². The topological polar surface area (TPSA) is 35.2 Å². The quantitative estimate of drug-likeness (QED) is 0.899. The first kappa shape index (κ1) is 12.9. The van der Waals surface area contributed by atoms with E-state index in [4.69, 9.17) is 10.5 Å². The molecule has 3 rings (SSSR count). The third-order valence-corrected chi connectivity index (χ3v) is 5.04. The monoisotopic (exact) mass is 263 g/mol. The average molecular weight is 263 g/mol. The smallest absolute Gasteiger partial charge is 0.165 e. The zero-order chi connectivity index (χ0) is 13.4. The molecule has 4 unspecified atom stereocenters. The molecule has 4 atom stereocenters. The number of hydrogen-bond donors (Lipinski definition) is 1. The molecule has 2 aliphatic carbocycles. The highest BCUT2D eigenvalue weighted by Gasteiger charge is 2.39. The van der Waals surface area contributed by atoms with Gasteiger partial charge in [-0.05, 0) is 61.1 Å². The molecular formula is C16H22FNO. The summed E-state index contributed by atoms with van der Waals surface area (Å²) in [5, 5.41) is 0. The van der Waals surface area contributed by atoms with Crippen LogP contribution in [-0.2, 0) is 0 Å². The van der Waals surface area contributed by atoms with Crippen LogP contribution >= 0.6 is 0 Å². The summed E-state index contributed by atoms with van der Waals surface area (Å²) in [5.41, 5.74) is 7.29. The molecule has 2 nitrogen and oxygen atoms in total. The summed E-state index contributed by atoms with van der Waals surface area (Å²) in [5.74, 6) is 2.58. The van der Waals surface area contributed by atoms with E-state index in [1.807, 2.05) is 0 Å². The molecule has 1 aromatic carbocycles. The third-order valence-electron chi connectivity index (χ3n) is 5.04. The molecule has 0 saturated heterocycles. The normalized spacial score (nSPS) is 30.6. The van der Waals surface area contributed by atoms with Crippen molar-refractivity contribution in [3.63, 3.8) is 0 Å². The Kier molecular flexibility index (Phi) is 3.48. The molecule has 2 aliphatic rings. The Balaban J connectivity index is 1.68. The molecule has 19 heavy (non-hydrogen) atoms. The van der Waals surface area contributed by atoms with Gasteiger partial charge in [0, 0.05) is 6.04 Å². The van der Waals surface area contributed by atoms with E-state index in [0.29, 0.717) is 5.75 Å². The fourth-order valence-corrected chi connectivity index (χ4v) is 4.03. The first-order valence-electron chi connectivity index (χ1n) is 7.26. The van der Waals surface area contributed by atoms with Gasteiger partial charge in [-0.2, -0.15) is 0 Å². The molecule has 0 heterocycles. The molecule has 3 heteroatoms. The second-order valence-corrected chi connectivity index (χ2v) is 6.17. The molecule has 0 spiro atoms. The van der Waals surface area contributed by atoms with Gasteiger partial charge in [0.2, 0.25) is 0 Å². The maximum atomic E-state index is 13.4. The third kappa shape index (κ3) is 2.48. The van der Waals surface area contributed by atoms with Crippen LogP contribution in [0.3, 0.4) is 0 Å². The molecule has 1 aromatic rings. The summed E-state index contributed by atoms with van der Waals surface area (Å²) in [4.78, 5) is 0. The highest BCUT2D eigenvalue weighted by atomic mass is 19.1. The fraction of sp³-hybridized carbons (Fsp3) is 0.625. The standard InChI is InChI=1S/C16H22FNO/c1-19-16-9-12(4-5-14(16)17)15(18)8-13-7-10-2-3-11(13)6-10/h4-5,9-11,13,15H,2-3,6-8,18H2,1H3. The van der Waals surface area contributed by atoms with E-state index >= 15 is 0 Å². The second-order valence-electron chi connectivity index (χ2n) is 6.17. The van der Waals surface area contributed by atoms with Gasteiger partial charge in [0.15, 0.2) is 11.6 Å². The molecular weight excluding hydrogens is 241 g/mol. The molecule has 2 fully saturated rings. The zero-order valence-electron chi connectivity index (χ0n) is 11.4. The van der Waals surface area contributed by atoms with Gasteiger partial charge in [-0.15, -0.1) is 0 Å². The van der Waals surface area contributed by atoms with E-state index in [9.17, 15) is 4.39 Å². The number of nitrogens with two attached hydrogens (primary N) is 1. The molecule has 2 saturated carbocycles. The first-order chi connectivity index (χ1) is 9.17. The van der Waals surface area contributed by atoms with Crippen LogP contribution in [0.4, 0.5) is 4.39 Å². The van der Waals surface area contributed by atoms with Crippen molar-refractivity contribution in [1.82, 2.24) is 0 Å². The predicted octanol–water partition coefficient (Wildman–Crippen LogP) is 3.66. The molecule has 0 radical (unpaired) electrons. The van der Waals surface area contributed by atoms with Crippen molar-refractivity contribution in [2.24, 2.45) is 23.5 Å². The fourth-order valence-electron chi connectivity index (χ4n) is 4.03. The summed E-state index contributed by atoms with van der Waals surface area (Å²) in [7, 11) is 1.49. The highest BCUT2D eigenvalue weighted by Crippen LogP contribution is 2.50. The minimum absolute atomic E-state index is 0.00106. The van der Waals surface area contributed by atoms with Gasteiger partial charge in [0.05, 0.1) is 7.11 Å². The number of fused-ring (bicyclic) bond motifs is 2. The Morgan fingerprint density at radius 2 is 2.21 bits per heavy atom. The number of rotatable bonds is 4. The number of halogens is 1. The number of benzene rings is 1. The Bertz CT molecular complexity index is 462. The lowest BCUT2D eigenvalue weighted by atomic mass is 9.83. The van der Waals surface area contributed by atoms with Crippen molar-refractivity contribution >= 4 is 0 Å². The van der Waals surface area contributed by atoms with Gasteiger partial charge in [-0.3, -0.25) is 0 Å². The van der Waals surface area contributed by atoms with E-state index < -0.39 is 0 Å². The minimum Gasteiger partial charge on any atom is -0.494 e. The van der Waals surface area contributed by atoms with Crippen LogP contribution in [-0.4, -0.2) is 7.11 Å². The van der Waals surface area contributed by atoms with Crippen LogP contribution in [0.1, 0.15) is 43.7 Å². The van der Waals surface area contributed by atoms with Gasteiger partial charge < -0.3 is 10.5 Å². The molecule has 0 aliphatic heterocycles. The largest absolute Gasteiger partial charge is 0.494 e. The van der Waals surface area contributed by atoms with Gasteiger partial charge in [0.25, 0.3) is 0 Å². The van der Waals surface area contributed by atoms with Gasteiger partial charge in [0.1, 0.15) is 0 Å². The summed E-state index contributed by atoms with van der Waals surface area (Å²) < 4.78 is 18.4. The minimum atomic E-state index is -0.321.